The second-order valence-electron chi connectivity index (χ2n) is 7.26. The first-order valence-corrected chi connectivity index (χ1v) is 9.63. The van der Waals surface area contributed by atoms with Crippen LogP contribution in [0.15, 0.2) is 59.0 Å². The van der Waals surface area contributed by atoms with E-state index >= 15 is 0 Å². The van der Waals surface area contributed by atoms with Crippen LogP contribution in [0.5, 0.6) is 5.75 Å². The monoisotopic (exact) mass is 379 g/mol. The van der Waals surface area contributed by atoms with E-state index in [1.165, 1.54) is 0 Å². The maximum Gasteiger partial charge on any atom is 0.234 e. The number of aromatic hydroxyl groups is 1. The summed E-state index contributed by atoms with van der Waals surface area (Å²) >= 11 is 0. The number of furan rings is 1. The number of phenols is 1. The maximum atomic E-state index is 12.5. The summed E-state index contributed by atoms with van der Waals surface area (Å²) in [4.78, 5) is 16.9. The number of para-hydroxylation sites is 1. The number of carbonyl (C=O) groups excluding carboxylic acids is 1. The van der Waals surface area contributed by atoms with Crippen LogP contribution in [-0.4, -0.2) is 48.6 Å². The molecule has 146 valence electrons. The lowest BCUT2D eigenvalue weighted by molar-refractivity contribution is -0.123. The number of hydrogen-bond donors (Lipinski definition) is 2. The number of piperazine rings is 1. The molecule has 0 radical (unpaired) electrons. The molecule has 0 unspecified atom stereocenters. The molecule has 0 spiro atoms. The van der Waals surface area contributed by atoms with E-state index in [9.17, 15) is 9.90 Å². The van der Waals surface area contributed by atoms with Crippen LogP contribution >= 0.6 is 0 Å². The molecule has 1 fully saturated rings. The molecular weight excluding hydrogens is 354 g/mol. The Morgan fingerprint density at radius 3 is 2.54 bits per heavy atom. The molecule has 0 saturated carbocycles. The highest BCUT2D eigenvalue weighted by Crippen LogP contribution is 2.23. The van der Waals surface area contributed by atoms with Gasteiger partial charge >= 0.3 is 0 Å². The first kappa shape index (κ1) is 18.4. The third-order valence-corrected chi connectivity index (χ3v) is 5.20. The molecule has 1 amide bonds. The Balaban J connectivity index is 1.28. The van der Waals surface area contributed by atoms with Gasteiger partial charge in [-0.15, -0.1) is 0 Å². The predicted molar refractivity (Wildman–Crippen MR) is 110 cm³/mol. The fourth-order valence-electron chi connectivity index (χ4n) is 3.60. The van der Waals surface area contributed by atoms with Crippen molar-refractivity contribution in [3.05, 3.63) is 60.4 Å². The van der Waals surface area contributed by atoms with Crippen LogP contribution in [0.1, 0.15) is 18.7 Å². The van der Waals surface area contributed by atoms with Gasteiger partial charge in [0.05, 0.1) is 12.6 Å². The van der Waals surface area contributed by atoms with Crippen molar-refractivity contribution >= 4 is 22.6 Å². The Labute approximate surface area is 164 Å². The number of fused-ring (bicyclic) bond motifs is 1. The lowest BCUT2D eigenvalue weighted by Crippen LogP contribution is -2.49. The zero-order valence-electron chi connectivity index (χ0n) is 16.0. The molecule has 1 atom stereocenters. The number of nitrogens with one attached hydrogen (secondary N) is 1. The SMILES string of the molecule is C[C@H](NC(=O)CN1CCN(c2ccc(O)cc2)CC1)c1cc2ccccc2o1. The zero-order valence-corrected chi connectivity index (χ0v) is 16.0. The molecular formula is C22H25N3O3. The summed E-state index contributed by atoms with van der Waals surface area (Å²) in [6.07, 6.45) is 0. The van der Waals surface area contributed by atoms with Gasteiger partial charge in [0, 0.05) is 37.3 Å². The van der Waals surface area contributed by atoms with E-state index in [0.29, 0.717) is 6.54 Å². The Morgan fingerprint density at radius 1 is 1.11 bits per heavy atom. The van der Waals surface area contributed by atoms with Crippen molar-refractivity contribution < 1.29 is 14.3 Å². The van der Waals surface area contributed by atoms with Crippen LogP contribution in [0.4, 0.5) is 5.69 Å². The van der Waals surface area contributed by atoms with Gasteiger partial charge in [0.25, 0.3) is 0 Å². The van der Waals surface area contributed by atoms with Crippen LogP contribution in [0.25, 0.3) is 11.0 Å². The van der Waals surface area contributed by atoms with E-state index in [0.717, 1.165) is 48.6 Å². The molecule has 1 aromatic heterocycles. The number of phenolic OH excluding ortho intramolecular Hbond substituents is 1. The average molecular weight is 379 g/mol. The van der Waals surface area contributed by atoms with Crippen LogP contribution in [-0.2, 0) is 4.79 Å². The van der Waals surface area contributed by atoms with Crippen molar-refractivity contribution in [1.82, 2.24) is 10.2 Å². The number of benzene rings is 2. The molecule has 0 bridgehead atoms. The van der Waals surface area contributed by atoms with Crippen LogP contribution in [0.2, 0.25) is 0 Å². The minimum absolute atomic E-state index is 0.00559. The molecule has 2 aromatic carbocycles. The lowest BCUT2D eigenvalue weighted by Gasteiger charge is -2.35. The molecule has 2 N–H and O–H groups in total. The summed E-state index contributed by atoms with van der Waals surface area (Å²) < 4.78 is 5.84. The number of hydrogen-bond acceptors (Lipinski definition) is 5. The van der Waals surface area contributed by atoms with E-state index in [-0.39, 0.29) is 17.7 Å². The third-order valence-electron chi connectivity index (χ3n) is 5.20. The molecule has 2 heterocycles. The smallest absolute Gasteiger partial charge is 0.234 e. The second-order valence-corrected chi connectivity index (χ2v) is 7.26. The van der Waals surface area contributed by atoms with Crippen LogP contribution in [0, 0.1) is 0 Å². The highest BCUT2D eigenvalue weighted by molar-refractivity contribution is 5.80. The Hall–Kier alpha value is -2.99. The quantitative estimate of drug-likeness (QED) is 0.713. The van der Waals surface area contributed by atoms with Gasteiger partial charge in [-0.05, 0) is 43.3 Å². The average Bonchev–Trinajstić information content (AvgIpc) is 3.14. The van der Waals surface area contributed by atoms with Crippen molar-refractivity contribution in [1.29, 1.82) is 0 Å². The predicted octanol–water partition coefficient (Wildman–Crippen LogP) is 3.14. The fourth-order valence-corrected chi connectivity index (χ4v) is 3.60. The van der Waals surface area contributed by atoms with E-state index in [2.05, 4.69) is 15.1 Å². The van der Waals surface area contributed by atoms with Crippen molar-refractivity contribution in [2.24, 2.45) is 0 Å². The van der Waals surface area contributed by atoms with Gasteiger partial charge in [0.15, 0.2) is 0 Å². The fraction of sp³-hybridized carbons (Fsp3) is 0.318. The Morgan fingerprint density at radius 2 is 1.82 bits per heavy atom. The van der Waals surface area contributed by atoms with Crippen LogP contribution in [0.3, 0.4) is 0 Å². The third kappa shape index (κ3) is 4.12. The minimum Gasteiger partial charge on any atom is -0.508 e. The zero-order chi connectivity index (χ0) is 19.5. The summed E-state index contributed by atoms with van der Waals surface area (Å²) in [6.45, 7) is 5.70. The summed E-state index contributed by atoms with van der Waals surface area (Å²) in [5.41, 5.74) is 1.93. The molecule has 1 aliphatic rings. The van der Waals surface area contributed by atoms with Crippen molar-refractivity contribution in [3.63, 3.8) is 0 Å². The Kier molecular flexibility index (Phi) is 5.21. The topological polar surface area (TPSA) is 69.0 Å². The highest BCUT2D eigenvalue weighted by atomic mass is 16.3. The molecule has 6 heteroatoms. The van der Waals surface area contributed by atoms with E-state index < -0.39 is 0 Å². The number of nitrogens with zero attached hydrogens (tertiary/aromatic N) is 2. The van der Waals surface area contributed by atoms with Crippen LogP contribution < -0.4 is 10.2 Å². The maximum absolute atomic E-state index is 12.5. The first-order valence-electron chi connectivity index (χ1n) is 9.63. The second kappa shape index (κ2) is 7.94. The molecule has 4 rings (SSSR count). The van der Waals surface area contributed by atoms with Gasteiger partial charge in [-0.3, -0.25) is 9.69 Å². The van der Waals surface area contributed by atoms with Crippen molar-refractivity contribution in [2.75, 3.05) is 37.6 Å². The first-order chi connectivity index (χ1) is 13.6. The summed E-state index contributed by atoms with van der Waals surface area (Å²) in [6, 6.07) is 16.9. The van der Waals surface area contributed by atoms with Gasteiger partial charge in [-0.25, -0.2) is 0 Å². The van der Waals surface area contributed by atoms with E-state index in [1.807, 2.05) is 49.4 Å². The summed E-state index contributed by atoms with van der Waals surface area (Å²) in [5, 5.41) is 13.5. The number of anilines is 1. The largest absolute Gasteiger partial charge is 0.508 e. The standard InChI is InChI=1S/C22H25N3O3/c1-16(21-14-17-4-2-3-5-20(17)28-21)23-22(27)15-24-10-12-25(13-11-24)18-6-8-19(26)9-7-18/h2-9,14,16,26H,10-13,15H2,1H3,(H,23,27)/t16-/m0/s1. The summed E-state index contributed by atoms with van der Waals surface area (Å²) in [5.74, 6) is 1.05. The van der Waals surface area contributed by atoms with Gasteiger partial charge in [-0.2, -0.15) is 0 Å². The van der Waals surface area contributed by atoms with E-state index in [4.69, 9.17) is 4.42 Å². The number of amides is 1. The molecule has 6 nitrogen and oxygen atoms in total. The van der Waals surface area contributed by atoms with Gasteiger partial charge in [0.1, 0.15) is 17.1 Å². The summed E-state index contributed by atoms with van der Waals surface area (Å²) in [7, 11) is 0. The molecule has 0 aliphatic carbocycles. The molecule has 1 aliphatic heterocycles. The van der Waals surface area contributed by atoms with Gasteiger partial charge in [0.2, 0.25) is 5.91 Å². The van der Waals surface area contributed by atoms with Crippen molar-refractivity contribution in [3.8, 4) is 5.75 Å². The van der Waals surface area contributed by atoms with E-state index in [1.54, 1.807) is 12.1 Å². The number of carbonyl (C=O) groups is 1. The highest BCUT2D eigenvalue weighted by Gasteiger charge is 2.21. The van der Waals surface area contributed by atoms with Crippen molar-refractivity contribution in [2.45, 2.75) is 13.0 Å². The lowest BCUT2D eigenvalue weighted by atomic mass is 10.2. The van der Waals surface area contributed by atoms with Gasteiger partial charge in [-0.1, -0.05) is 18.2 Å². The minimum atomic E-state index is -0.168. The molecule has 28 heavy (non-hydrogen) atoms. The Bertz CT molecular complexity index is 910. The normalized spacial score (nSPS) is 16.2. The van der Waals surface area contributed by atoms with Gasteiger partial charge < -0.3 is 19.7 Å². The molecule has 3 aromatic rings. The molecule has 1 saturated heterocycles. The number of rotatable bonds is 5.